The monoisotopic (exact) mass is 295 g/mol. The van der Waals surface area contributed by atoms with E-state index in [2.05, 4.69) is 35.8 Å². The van der Waals surface area contributed by atoms with E-state index in [9.17, 15) is 0 Å². The van der Waals surface area contributed by atoms with Gasteiger partial charge in [0.05, 0.1) is 18.5 Å². The molecule has 106 valence electrons. The Morgan fingerprint density at radius 2 is 1.81 bits per heavy atom. The van der Waals surface area contributed by atoms with Crippen LogP contribution in [0.1, 0.15) is 24.1 Å². The highest BCUT2D eigenvalue weighted by Gasteiger charge is 2.06. The molecule has 4 heteroatoms. The first-order valence-electron chi connectivity index (χ1n) is 6.77. The molecule has 0 aliphatic carbocycles. The lowest BCUT2D eigenvalue weighted by atomic mass is 10.1. The molecule has 0 amide bonds. The van der Waals surface area contributed by atoms with Crippen molar-refractivity contribution in [3.63, 3.8) is 0 Å². The smallest absolute Gasteiger partial charge is 0.171 e. The van der Waals surface area contributed by atoms with Crippen molar-refractivity contribution < 1.29 is 0 Å². The number of thiocarbonyl (C=S) groups is 1. The number of anilines is 1. The maximum atomic E-state index is 8.65. The Hall–Kier alpha value is -2.38. The van der Waals surface area contributed by atoms with E-state index in [1.165, 1.54) is 5.56 Å². The molecule has 0 bridgehead atoms. The summed E-state index contributed by atoms with van der Waals surface area (Å²) in [6.07, 6.45) is 0.425. The molecule has 0 spiro atoms. The van der Waals surface area contributed by atoms with E-state index in [0.717, 1.165) is 11.3 Å². The van der Waals surface area contributed by atoms with Crippen molar-refractivity contribution in [2.24, 2.45) is 0 Å². The minimum atomic E-state index is 0.143. The zero-order valence-corrected chi connectivity index (χ0v) is 12.7. The van der Waals surface area contributed by atoms with E-state index in [1.807, 2.05) is 42.5 Å². The van der Waals surface area contributed by atoms with Gasteiger partial charge in [-0.05, 0) is 42.4 Å². The Labute approximate surface area is 130 Å². The summed E-state index contributed by atoms with van der Waals surface area (Å²) in [4.78, 5) is 0. The lowest BCUT2D eigenvalue weighted by molar-refractivity contribution is 0.722. The normalized spacial score (nSPS) is 11.2. The Balaban J connectivity index is 1.91. The van der Waals surface area contributed by atoms with Gasteiger partial charge in [-0.2, -0.15) is 5.26 Å². The molecule has 2 rings (SSSR count). The average Bonchev–Trinajstić information content (AvgIpc) is 2.50. The summed E-state index contributed by atoms with van der Waals surface area (Å²) in [5.41, 5.74) is 3.10. The summed E-state index contributed by atoms with van der Waals surface area (Å²) in [5, 5.41) is 15.6. The second-order valence-corrected chi connectivity index (χ2v) is 5.17. The zero-order valence-electron chi connectivity index (χ0n) is 11.8. The van der Waals surface area contributed by atoms with Crippen LogP contribution in [0.5, 0.6) is 0 Å². The van der Waals surface area contributed by atoms with Crippen molar-refractivity contribution >= 4 is 23.0 Å². The first-order valence-corrected chi connectivity index (χ1v) is 7.18. The molecule has 3 nitrogen and oxygen atoms in total. The van der Waals surface area contributed by atoms with Crippen LogP contribution in [-0.2, 0) is 6.42 Å². The van der Waals surface area contributed by atoms with Crippen LogP contribution >= 0.6 is 12.2 Å². The van der Waals surface area contributed by atoms with Crippen LogP contribution in [0.2, 0.25) is 0 Å². The molecule has 0 saturated carbocycles. The molecule has 0 fully saturated rings. The van der Waals surface area contributed by atoms with Crippen LogP contribution in [0.15, 0.2) is 54.6 Å². The van der Waals surface area contributed by atoms with Gasteiger partial charge in [-0.25, -0.2) is 0 Å². The highest BCUT2D eigenvalue weighted by atomic mass is 32.1. The van der Waals surface area contributed by atoms with Gasteiger partial charge in [-0.3, -0.25) is 0 Å². The number of hydrogen-bond acceptors (Lipinski definition) is 2. The first kappa shape index (κ1) is 15.0. The third kappa shape index (κ3) is 4.59. The minimum absolute atomic E-state index is 0.143. The molecule has 0 aliphatic heterocycles. The van der Waals surface area contributed by atoms with Gasteiger partial charge in [0.1, 0.15) is 0 Å². The lowest BCUT2D eigenvalue weighted by Crippen LogP contribution is -2.30. The molecule has 2 aromatic carbocycles. The number of nitrogens with zero attached hydrogens (tertiary/aromatic N) is 1. The highest BCUT2D eigenvalue weighted by Crippen LogP contribution is 2.13. The van der Waals surface area contributed by atoms with Crippen LogP contribution < -0.4 is 10.6 Å². The molecule has 0 aliphatic rings. The van der Waals surface area contributed by atoms with Crippen LogP contribution in [-0.4, -0.2) is 5.11 Å². The van der Waals surface area contributed by atoms with E-state index in [-0.39, 0.29) is 6.04 Å². The van der Waals surface area contributed by atoms with Crippen molar-refractivity contribution in [3.8, 4) is 6.07 Å². The summed E-state index contributed by atoms with van der Waals surface area (Å²) in [6, 6.07) is 20.1. The second kappa shape index (κ2) is 7.41. The Morgan fingerprint density at radius 3 is 2.43 bits per heavy atom. The largest absolute Gasteiger partial charge is 0.356 e. The Bertz CT molecular complexity index is 629. The topological polar surface area (TPSA) is 47.8 Å². The van der Waals surface area contributed by atoms with Crippen LogP contribution in [0.25, 0.3) is 0 Å². The van der Waals surface area contributed by atoms with E-state index in [4.69, 9.17) is 17.5 Å². The third-order valence-corrected chi connectivity index (χ3v) is 3.36. The zero-order chi connectivity index (χ0) is 15.1. The standard InChI is InChI=1S/C17H17N3S/c1-13(15-5-3-2-4-6-15)19-17(21)20-16-9-7-14(8-10-16)11-12-18/h2-10,13H,11H2,1H3,(H2,19,20,21)/t13-/m1/s1. The van der Waals surface area contributed by atoms with Crippen molar-refractivity contribution in [2.45, 2.75) is 19.4 Å². The number of rotatable bonds is 4. The molecule has 1 atom stereocenters. The summed E-state index contributed by atoms with van der Waals surface area (Å²) < 4.78 is 0. The molecule has 0 radical (unpaired) electrons. The summed E-state index contributed by atoms with van der Waals surface area (Å²) in [6.45, 7) is 2.07. The van der Waals surface area contributed by atoms with Crippen LogP contribution in [0.4, 0.5) is 5.69 Å². The number of nitrogens with one attached hydrogen (secondary N) is 2. The second-order valence-electron chi connectivity index (χ2n) is 4.76. The minimum Gasteiger partial charge on any atom is -0.356 e. The summed E-state index contributed by atoms with van der Waals surface area (Å²) >= 11 is 5.32. The molecule has 21 heavy (non-hydrogen) atoms. The van der Waals surface area contributed by atoms with Gasteiger partial charge in [0.25, 0.3) is 0 Å². The highest BCUT2D eigenvalue weighted by molar-refractivity contribution is 7.80. The van der Waals surface area contributed by atoms with Gasteiger partial charge in [-0.1, -0.05) is 42.5 Å². The van der Waals surface area contributed by atoms with Gasteiger partial charge in [-0.15, -0.1) is 0 Å². The van der Waals surface area contributed by atoms with Gasteiger partial charge in [0.15, 0.2) is 5.11 Å². The molecule has 0 unspecified atom stereocenters. The van der Waals surface area contributed by atoms with Crippen molar-refractivity contribution in [3.05, 3.63) is 65.7 Å². The third-order valence-electron chi connectivity index (χ3n) is 3.14. The van der Waals surface area contributed by atoms with E-state index in [0.29, 0.717) is 11.5 Å². The lowest BCUT2D eigenvalue weighted by Gasteiger charge is -2.17. The molecule has 0 saturated heterocycles. The first-order chi connectivity index (χ1) is 10.2. The SMILES string of the molecule is C[C@@H](NC(=S)Nc1ccc(CC#N)cc1)c1ccccc1. The fraction of sp³-hybridized carbons (Fsp3) is 0.176. The molecule has 2 N–H and O–H groups in total. The van der Waals surface area contributed by atoms with E-state index < -0.39 is 0 Å². The van der Waals surface area contributed by atoms with Gasteiger partial charge in [0, 0.05) is 5.69 Å². The molecule has 2 aromatic rings. The number of nitriles is 1. The summed E-state index contributed by atoms with van der Waals surface area (Å²) in [5.74, 6) is 0. The number of benzene rings is 2. The fourth-order valence-electron chi connectivity index (χ4n) is 1.99. The molecule has 0 aromatic heterocycles. The Kier molecular flexibility index (Phi) is 5.30. The van der Waals surface area contributed by atoms with Crippen molar-refractivity contribution in [2.75, 3.05) is 5.32 Å². The van der Waals surface area contributed by atoms with Crippen LogP contribution in [0.3, 0.4) is 0 Å². The predicted octanol–water partition coefficient (Wildman–Crippen LogP) is 3.80. The van der Waals surface area contributed by atoms with Gasteiger partial charge < -0.3 is 10.6 Å². The Morgan fingerprint density at radius 1 is 1.14 bits per heavy atom. The summed E-state index contributed by atoms with van der Waals surface area (Å²) in [7, 11) is 0. The maximum Gasteiger partial charge on any atom is 0.171 e. The van der Waals surface area contributed by atoms with Crippen molar-refractivity contribution in [1.29, 1.82) is 5.26 Å². The van der Waals surface area contributed by atoms with E-state index in [1.54, 1.807) is 0 Å². The van der Waals surface area contributed by atoms with Gasteiger partial charge in [0.2, 0.25) is 0 Å². The number of hydrogen-bond donors (Lipinski definition) is 2. The van der Waals surface area contributed by atoms with Crippen molar-refractivity contribution in [1.82, 2.24) is 5.32 Å². The van der Waals surface area contributed by atoms with Gasteiger partial charge >= 0.3 is 0 Å². The molecular formula is C17H17N3S. The quantitative estimate of drug-likeness (QED) is 0.842. The predicted molar refractivity (Wildman–Crippen MR) is 90.0 cm³/mol. The fourth-order valence-corrected chi connectivity index (χ4v) is 2.28. The average molecular weight is 295 g/mol. The van der Waals surface area contributed by atoms with E-state index >= 15 is 0 Å². The van der Waals surface area contributed by atoms with Crippen LogP contribution in [0, 0.1) is 11.3 Å². The maximum absolute atomic E-state index is 8.65. The molecular weight excluding hydrogens is 278 g/mol. The molecule has 0 heterocycles.